The summed E-state index contributed by atoms with van der Waals surface area (Å²) >= 11 is 12.4. The van der Waals surface area contributed by atoms with Gasteiger partial charge in [0.1, 0.15) is 5.75 Å². The van der Waals surface area contributed by atoms with Crippen molar-refractivity contribution >= 4 is 40.1 Å². The summed E-state index contributed by atoms with van der Waals surface area (Å²) in [7, 11) is 1.23. The van der Waals surface area contributed by atoms with Crippen LogP contribution in [-0.2, 0) is 17.5 Å². The van der Waals surface area contributed by atoms with Crippen molar-refractivity contribution in [1.29, 1.82) is 0 Å². The number of rotatable bonds is 5. The minimum Gasteiger partial charge on any atom is -0.465 e. The molecule has 4 rings (SSSR count). The molecule has 0 N–H and O–H groups in total. The molecule has 0 unspecified atom stereocenters. The van der Waals surface area contributed by atoms with Crippen molar-refractivity contribution in [3.8, 4) is 11.5 Å². The lowest BCUT2D eigenvalue weighted by Crippen LogP contribution is -2.21. The number of benzene rings is 3. The zero-order valence-electron chi connectivity index (χ0n) is 17.9. The fourth-order valence-corrected chi connectivity index (χ4v) is 3.93. The van der Waals surface area contributed by atoms with Gasteiger partial charge in [-0.05, 0) is 42.0 Å². The third-order valence-electron chi connectivity index (χ3n) is 5.04. The molecule has 0 aliphatic heterocycles. The summed E-state index contributed by atoms with van der Waals surface area (Å²) in [6, 6.07) is 11.9. The van der Waals surface area contributed by atoms with Crippen LogP contribution in [0, 0.1) is 0 Å². The Labute approximate surface area is 206 Å². The second kappa shape index (κ2) is 9.59. The number of fused-ring (bicyclic) bond motifs is 1. The number of aromatic nitrogens is 2. The van der Waals surface area contributed by atoms with Crippen molar-refractivity contribution in [2.24, 2.45) is 0 Å². The van der Waals surface area contributed by atoms with E-state index in [-0.39, 0.29) is 39.0 Å². The number of carbonyl (C=O) groups is 1. The molecular formula is C24H15Cl2F3N2O4. The number of carbonyl (C=O) groups excluding carboxylic acids is 1. The third kappa shape index (κ3) is 5.26. The van der Waals surface area contributed by atoms with Crippen LogP contribution in [0.2, 0.25) is 10.0 Å². The number of nitrogens with zero attached hydrogens (tertiary/aromatic N) is 2. The van der Waals surface area contributed by atoms with E-state index in [0.717, 1.165) is 12.1 Å². The molecule has 0 spiro atoms. The Hall–Kier alpha value is -3.56. The fourth-order valence-electron chi connectivity index (χ4n) is 3.37. The molecule has 3 aromatic carbocycles. The molecule has 1 heterocycles. The van der Waals surface area contributed by atoms with Crippen LogP contribution in [0.5, 0.6) is 11.5 Å². The number of alkyl halides is 3. The van der Waals surface area contributed by atoms with Crippen LogP contribution in [0.1, 0.15) is 21.5 Å². The van der Waals surface area contributed by atoms with Gasteiger partial charge >= 0.3 is 12.1 Å². The Morgan fingerprint density at radius 2 is 1.77 bits per heavy atom. The van der Waals surface area contributed by atoms with E-state index in [9.17, 15) is 22.8 Å². The van der Waals surface area contributed by atoms with Crippen LogP contribution < -0.4 is 10.3 Å². The molecule has 0 amide bonds. The third-order valence-corrected chi connectivity index (χ3v) is 5.60. The molecule has 0 aliphatic carbocycles. The van der Waals surface area contributed by atoms with E-state index in [4.69, 9.17) is 27.9 Å². The van der Waals surface area contributed by atoms with E-state index in [0.29, 0.717) is 11.1 Å². The maximum Gasteiger partial charge on any atom is 0.416 e. The minimum atomic E-state index is -4.48. The summed E-state index contributed by atoms with van der Waals surface area (Å²) in [4.78, 5) is 28.8. The molecule has 0 bridgehead atoms. The van der Waals surface area contributed by atoms with Crippen LogP contribution in [0.4, 0.5) is 13.2 Å². The van der Waals surface area contributed by atoms with Crippen molar-refractivity contribution in [2.45, 2.75) is 12.7 Å². The number of hydrogen-bond donors (Lipinski definition) is 0. The number of esters is 1. The second-order valence-electron chi connectivity index (χ2n) is 7.42. The average Bonchev–Trinajstić information content (AvgIpc) is 2.82. The summed E-state index contributed by atoms with van der Waals surface area (Å²) in [5.41, 5.74) is -0.474. The molecule has 35 heavy (non-hydrogen) atoms. The first-order chi connectivity index (χ1) is 16.6. The fraction of sp³-hybridized carbons (Fsp3) is 0.125. The number of hydrogen-bond acceptors (Lipinski definition) is 5. The van der Waals surface area contributed by atoms with Crippen LogP contribution in [-0.4, -0.2) is 22.6 Å². The highest BCUT2D eigenvalue weighted by atomic mass is 35.5. The van der Waals surface area contributed by atoms with Gasteiger partial charge in [0.2, 0.25) is 0 Å². The van der Waals surface area contributed by atoms with E-state index >= 15 is 0 Å². The smallest absolute Gasteiger partial charge is 0.416 e. The summed E-state index contributed by atoms with van der Waals surface area (Å²) in [6.45, 7) is -0.0816. The van der Waals surface area contributed by atoms with Crippen molar-refractivity contribution in [3.63, 3.8) is 0 Å². The van der Waals surface area contributed by atoms with E-state index in [2.05, 4.69) is 9.72 Å². The predicted molar refractivity (Wildman–Crippen MR) is 124 cm³/mol. The van der Waals surface area contributed by atoms with E-state index < -0.39 is 23.3 Å². The number of methoxy groups -OCH3 is 1. The zero-order chi connectivity index (χ0) is 25.3. The van der Waals surface area contributed by atoms with Gasteiger partial charge < -0.3 is 9.47 Å². The average molecular weight is 523 g/mol. The molecule has 4 aromatic rings. The molecule has 180 valence electrons. The molecule has 0 radical (unpaired) electrons. The normalized spacial score (nSPS) is 11.5. The SMILES string of the molecule is COC(=O)c1cc(Cl)c(Oc2ccc3c(=O)n(Cc4cccc(C(F)(F)F)c4)cnc3c2)c(Cl)c1. The lowest BCUT2D eigenvalue weighted by molar-refractivity contribution is -0.137. The second-order valence-corrected chi connectivity index (χ2v) is 8.23. The largest absolute Gasteiger partial charge is 0.465 e. The molecular weight excluding hydrogens is 508 g/mol. The van der Waals surface area contributed by atoms with Gasteiger partial charge in [-0.25, -0.2) is 9.78 Å². The summed E-state index contributed by atoms with van der Waals surface area (Å²) in [6.07, 6.45) is -3.23. The maximum atomic E-state index is 13.0. The van der Waals surface area contributed by atoms with Gasteiger partial charge in [-0.3, -0.25) is 9.36 Å². The highest BCUT2D eigenvalue weighted by molar-refractivity contribution is 6.37. The topological polar surface area (TPSA) is 70.4 Å². The molecule has 0 atom stereocenters. The van der Waals surface area contributed by atoms with Crippen molar-refractivity contribution in [3.05, 3.63) is 98.0 Å². The molecule has 0 fully saturated rings. The standard InChI is InChI=1S/C24H15Cl2F3N2O4/c1-34-23(33)14-8-18(25)21(19(26)9-14)35-16-5-6-17-20(10-16)30-12-31(22(17)32)11-13-3-2-4-15(7-13)24(27,28)29/h2-10,12H,11H2,1H3. The molecule has 1 aromatic heterocycles. The first-order valence-electron chi connectivity index (χ1n) is 9.97. The summed E-state index contributed by atoms with van der Waals surface area (Å²) in [5, 5.41) is 0.384. The first-order valence-corrected chi connectivity index (χ1v) is 10.7. The molecule has 0 aliphatic rings. The van der Waals surface area contributed by atoms with Crippen LogP contribution >= 0.6 is 23.2 Å². The van der Waals surface area contributed by atoms with E-state index in [1.165, 1.54) is 60.5 Å². The monoisotopic (exact) mass is 522 g/mol. The summed E-state index contributed by atoms with van der Waals surface area (Å²) in [5.74, 6) is -0.246. The highest BCUT2D eigenvalue weighted by Crippen LogP contribution is 2.38. The molecule has 6 nitrogen and oxygen atoms in total. The Morgan fingerprint density at radius 1 is 1.06 bits per heavy atom. The van der Waals surface area contributed by atoms with Crippen molar-refractivity contribution in [2.75, 3.05) is 7.11 Å². The molecule has 0 saturated carbocycles. The van der Waals surface area contributed by atoms with Gasteiger partial charge in [0.05, 0.1) is 52.1 Å². The molecule has 11 heteroatoms. The van der Waals surface area contributed by atoms with Gasteiger partial charge in [-0.15, -0.1) is 0 Å². The van der Waals surface area contributed by atoms with Gasteiger partial charge in [-0.2, -0.15) is 13.2 Å². The predicted octanol–water partition coefficient (Wildman–Crippen LogP) is 6.35. The Morgan fingerprint density at radius 3 is 2.43 bits per heavy atom. The van der Waals surface area contributed by atoms with Crippen LogP contribution in [0.3, 0.4) is 0 Å². The quantitative estimate of drug-likeness (QED) is 0.285. The maximum absolute atomic E-state index is 13.0. The Kier molecular flexibility index (Phi) is 6.73. The van der Waals surface area contributed by atoms with Gasteiger partial charge in [0, 0.05) is 6.07 Å². The van der Waals surface area contributed by atoms with Crippen molar-refractivity contribution < 1.29 is 27.4 Å². The first kappa shape index (κ1) is 24.6. The summed E-state index contributed by atoms with van der Waals surface area (Å²) < 4.78 is 50.6. The number of halogens is 5. The van der Waals surface area contributed by atoms with Crippen LogP contribution in [0.15, 0.2) is 65.7 Å². The highest BCUT2D eigenvalue weighted by Gasteiger charge is 2.30. The number of ether oxygens (including phenoxy) is 2. The minimum absolute atomic E-state index is 0.0717. The molecule has 0 saturated heterocycles. The van der Waals surface area contributed by atoms with Crippen molar-refractivity contribution in [1.82, 2.24) is 9.55 Å². The lowest BCUT2D eigenvalue weighted by atomic mass is 10.1. The van der Waals surface area contributed by atoms with Crippen LogP contribution in [0.25, 0.3) is 10.9 Å². The van der Waals surface area contributed by atoms with Gasteiger partial charge in [0.15, 0.2) is 5.75 Å². The van der Waals surface area contributed by atoms with E-state index in [1.807, 2.05) is 0 Å². The zero-order valence-corrected chi connectivity index (χ0v) is 19.4. The lowest BCUT2D eigenvalue weighted by Gasteiger charge is -2.12. The Bertz CT molecular complexity index is 1480. The van der Waals surface area contributed by atoms with Gasteiger partial charge in [0.25, 0.3) is 5.56 Å². The van der Waals surface area contributed by atoms with E-state index in [1.54, 1.807) is 0 Å². The van der Waals surface area contributed by atoms with Gasteiger partial charge in [-0.1, -0.05) is 35.3 Å². The Balaban J connectivity index is 1.62.